The SMILES string of the molecule is CC1(C)OB(c2ccccc2-c2ccc(-c3nc(-c4ccccc4)nc(-c4ccc(-c5ccccc5)cc4)n3)cc2)OC1(C)C. The number of nitrogens with zero attached hydrogens (tertiary/aromatic N) is 3. The van der Waals surface area contributed by atoms with Crippen LogP contribution in [-0.4, -0.2) is 33.3 Å². The van der Waals surface area contributed by atoms with Crippen LogP contribution in [0, 0.1) is 0 Å². The first-order valence-electron chi connectivity index (χ1n) is 15.3. The highest BCUT2D eigenvalue weighted by Crippen LogP contribution is 2.37. The maximum Gasteiger partial charge on any atom is 0.495 e. The molecule has 5 nitrogen and oxygen atoms in total. The summed E-state index contributed by atoms with van der Waals surface area (Å²) in [5, 5.41) is 0. The molecule has 1 aliphatic rings. The molecule has 6 heteroatoms. The van der Waals surface area contributed by atoms with Crippen LogP contribution in [0.2, 0.25) is 0 Å². The molecule has 1 saturated heterocycles. The van der Waals surface area contributed by atoms with Gasteiger partial charge in [-0.15, -0.1) is 0 Å². The van der Waals surface area contributed by atoms with E-state index >= 15 is 0 Å². The molecule has 0 spiro atoms. The van der Waals surface area contributed by atoms with Crippen molar-refractivity contribution >= 4 is 12.6 Å². The summed E-state index contributed by atoms with van der Waals surface area (Å²) in [7, 11) is -0.446. The number of hydrogen-bond donors (Lipinski definition) is 0. The standard InChI is InChI=1S/C39H34BN3O2/c1-38(2)39(3,4)45-40(44-38)34-18-12-11-17-33(34)29-21-25-32(26-22-29)37-42-35(30-15-9-6-10-16-30)41-36(43-37)31-23-19-28(20-24-31)27-13-7-5-8-14-27/h5-26H,1-4H3. The van der Waals surface area contributed by atoms with E-state index in [4.69, 9.17) is 24.3 Å². The highest BCUT2D eigenvalue weighted by atomic mass is 16.7. The zero-order chi connectivity index (χ0) is 31.0. The van der Waals surface area contributed by atoms with Gasteiger partial charge in [-0.1, -0.05) is 133 Å². The summed E-state index contributed by atoms with van der Waals surface area (Å²) >= 11 is 0. The minimum atomic E-state index is -0.446. The first-order chi connectivity index (χ1) is 21.8. The van der Waals surface area contributed by atoms with Crippen LogP contribution < -0.4 is 5.46 Å². The predicted octanol–water partition coefficient (Wildman–Crippen LogP) is 8.51. The molecule has 7 rings (SSSR count). The Hall–Kier alpha value is -4.91. The molecule has 0 unspecified atom stereocenters. The monoisotopic (exact) mass is 587 g/mol. The topological polar surface area (TPSA) is 57.1 Å². The molecule has 0 amide bonds. The molecular weight excluding hydrogens is 553 g/mol. The third-order valence-electron chi connectivity index (χ3n) is 8.84. The number of rotatable bonds is 6. The van der Waals surface area contributed by atoms with E-state index in [9.17, 15) is 0 Å². The minimum Gasteiger partial charge on any atom is -0.399 e. The quantitative estimate of drug-likeness (QED) is 0.183. The third kappa shape index (κ3) is 5.71. The Morgan fingerprint density at radius 3 is 1.27 bits per heavy atom. The van der Waals surface area contributed by atoms with Gasteiger partial charge in [-0.25, -0.2) is 15.0 Å². The van der Waals surface area contributed by atoms with E-state index in [-0.39, 0.29) is 0 Å². The Bertz CT molecular complexity index is 1930. The Kier molecular flexibility index (Phi) is 7.40. The van der Waals surface area contributed by atoms with Gasteiger partial charge in [0, 0.05) is 16.7 Å². The predicted molar refractivity (Wildman–Crippen MR) is 183 cm³/mol. The molecule has 0 bridgehead atoms. The lowest BCUT2D eigenvalue weighted by Gasteiger charge is -2.32. The van der Waals surface area contributed by atoms with Crippen molar-refractivity contribution in [3.05, 3.63) is 133 Å². The lowest BCUT2D eigenvalue weighted by atomic mass is 9.74. The second-order valence-corrected chi connectivity index (χ2v) is 12.4. The maximum atomic E-state index is 6.40. The number of hydrogen-bond acceptors (Lipinski definition) is 5. The molecule has 220 valence electrons. The molecule has 1 aliphatic heterocycles. The molecule has 5 aromatic carbocycles. The summed E-state index contributed by atoms with van der Waals surface area (Å²) in [6, 6.07) is 45.4. The van der Waals surface area contributed by atoms with Crippen molar-refractivity contribution in [3.63, 3.8) is 0 Å². The molecule has 45 heavy (non-hydrogen) atoms. The van der Waals surface area contributed by atoms with Crippen LogP contribution in [0.3, 0.4) is 0 Å². The molecule has 0 aliphatic carbocycles. The van der Waals surface area contributed by atoms with Gasteiger partial charge in [0.05, 0.1) is 11.2 Å². The largest absolute Gasteiger partial charge is 0.495 e. The van der Waals surface area contributed by atoms with Crippen molar-refractivity contribution < 1.29 is 9.31 Å². The lowest BCUT2D eigenvalue weighted by Crippen LogP contribution is -2.41. The molecule has 0 radical (unpaired) electrons. The van der Waals surface area contributed by atoms with Crippen LogP contribution in [0.1, 0.15) is 27.7 Å². The first kappa shape index (κ1) is 28.8. The van der Waals surface area contributed by atoms with Crippen LogP contribution in [0.25, 0.3) is 56.4 Å². The molecule has 1 aromatic heterocycles. The zero-order valence-electron chi connectivity index (χ0n) is 25.9. The van der Waals surface area contributed by atoms with E-state index in [0.717, 1.165) is 38.8 Å². The molecule has 1 fully saturated rings. The van der Waals surface area contributed by atoms with Crippen LogP contribution in [0.4, 0.5) is 0 Å². The molecular formula is C39H34BN3O2. The van der Waals surface area contributed by atoms with Crippen molar-refractivity contribution in [1.29, 1.82) is 0 Å². The lowest BCUT2D eigenvalue weighted by molar-refractivity contribution is 0.00578. The molecule has 0 saturated carbocycles. The summed E-state index contributed by atoms with van der Waals surface area (Å²) in [6.45, 7) is 8.31. The Morgan fingerprint density at radius 2 is 0.756 bits per heavy atom. The van der Waals surface area contributed by atoms with E-state index in [1.54, 1.807) is 0 Å². The van der Waals surface area contributed by atoms with Crippen LogP contribution in [0.15, 0.2) is 133 Å². The van der Waals surface area contributed by atoms with Gasteiger partial charge >= 0.3 is 7.12 Å². The van der Waals surface area contributed by atoms with Crippen molar-refractivity contribution in [2.45, 2.75) is 38.9 Å². The molecule has 6 aromatic rings. The average molecular weight is 588 g/mol. The van der Waals surface area contributed by atoms with E-state index in [1.807, 2.05) is 48.5 Å². The summed E-state index contributed by atoms with van der Waals surface area (Å²) < 4.78 is 12.8. The van der Waals surface area contributed by atoms with Gasteiger partial charge in [-0.3, -0.25) is 0 Å². The van der Waals surface area contributed by atoms with Gasteiger partial charge < -0.3 is 9.31 Å². The fraction of sp³-hybridized carbons (Fsp3) is 0.154. The second-order valence-electron chi connectivity index (χ2n) is 12.4. The summed E-state index contributed by atoms with van der Waals surface area (Å²) in [4.78, 5) is 14.8. The molecule has 0 N–H and O–H groups in total. The van der Waals surface area contributed by atoms with Crippen molar-refractivity contribution in [3.8, 4) is 56.4 Å². The van der Waals surface area contributed by atoms with E-state index in [0.29, 0.717) is 17.5 Å². The first-order valence-corrected chi connectivity index (χ1v) is 15.3. The highest BCUT2D eigenvalue weighted by molar-refractivity contribution is 6.63. The van der Waals surface area contributed by atoms with E-state index in [1.165, 1.54) is 5.56 Å². The fourth-order valence-electron chi connectivity index (χ4n) is 5.53. The van der Waals surface area contributed by atoms with Crippen LogP contribution in [-0.2, 0) is 9.31 Å². The highest BCUT2D eigenvalue weighted by Gasteiger charge is 2.52. The average Bonchev–Trinajstić information content (AvgIpc) is 3.31. The van der Waals surface area contributed by atoms with E-state index in [2.05, 4.69) is 113 Å². The minimum absolute atomic E-state index is 0.413. The third-order valence-corrected chi connectivity index (χ3v) is 8.84. The van der Waals surface area contributed by atoms with Gasteiger partial charge in [0.15, 0.2) is 17.5 Å². The summed E-state index contributed by atoms with van der Waals surface area (Å²) in [6.07, 6.45) is 0. The van der Waals surface area contributed by atoms with Crippen molar-refractivity contribution in [2.75, 3.05) is 0 Å². The van der Waals surface area contributed by atoms with Gasteiger partial charge in [-0.2, -0.15) is 0 Å². The molecule has 2 heterocycles. The zero-order valence-corrected chi connectivity index (χ0v) is 25.9. The Morgan fingerprint density at radius 1 is 0.400 bits per heavy atom. The Balaban J connectivity index is 1.24. The number of benzene rings is 5. The van der Waals surface area contributed by atoms with Crippen molar-refractivity contribution in [2.24, 2.45) is 0 Å². The summed E-state index contributed by atoms with van der Waals surface area (Å²) in [5.74, 6) is 1.89. The van der Waals surface area contributed by atoms with Crippen molar-refractivity contribution in [1.82, 2.24) is 15.0 Å². The van der Waals surface area contributed by atoms with Crippen LogP contribution >= 0.6 is 0 Å². The van der Waals surface area contributed by atoms with Gasteiger partial charge in [0.2, 0.25) is 0 Å². The smallest absolute Gasteiger partial charge is 0.399 e. The van der Waals surface area contributed by atoms with Gasteiger partial charge in [0.1, 0.15) is 0 Å². The van der Waals surface area contributed by atoms with Crippen LogP contribution in [0.5, 0.6) is 0 Å². The Labute approximate surface area is 265 Å². The van der Waals surface area contributed by atoms with E-state index < -0.39 is 18.3 Å². The second kappa shape index (κ2) is 11.5. The van der Waals surface area contributed by atoms with Gasteiger partial charge in [0.25, 0.3) is 0 Å². The fourth-order valence-corrected chi connectivity index (χ4v) is 5.53. The normalized spacial score (nSPS) is 15.2. The maximum absolute atomic E-state index is 6.40. The number of aromatic nitrogens is 3. The van der Waals surface area contributed by atoms with Gasteiger partial charge in [-0.05, 0) is 55.4 Å². The summed E-state index contributed by atoms with van der Waals surface area (Å²) in [5.41, 5.74) is 7.43. The molecule has 0 atom stereocenters.